The first kappa shape index (κ1) is 16.5. The molecule has 1 aromatic rings. The van der Waals surface area contributed by atoms with Crippen molar-refractivity contribution in [2.75, 3.05) is 6.61 Å². The minimum atomic E-state index is -0.428. The predicted molar refractivity (Wildman–Crippen MR) is 81.9 cm³/mol. The Bertz CT molecular complexity index is 426. The zero-order valence-electron chi connectivity index (χ0n) is 12.9. The highest BCUT2D eigenvalue weighted by Gasteiger charge is 2.15. The lowest BCUT2D eigenvalue weighted by Gasteiger charge is -2.19. The van der Waals surface area contributed by atoms with Crippen LogP contribution in [-0.4, -0.2) is 24.6 Å². The molecule has 3 N–H and O–H groups in total. The van der Waals surface area contributed by atoms with E-state index in [1.807, 2.05) is 45.9 Å². The molecule has 0 aliphatic carbocycles. The Labute approximate surface area is 121 Å². The molecular formula is C16H26N2O2. The fourth-order valence-electron chi connectivity index (χ4n) is 2.07. The maximum Gasteiger partial charge on any atom is 0.237 e. The van der Waals surface area contributed by atoms with Gasteiger partial charge in [-0.05, 0) is 38.3 Å². The molecule has 0 heterocycles. The summed E-state index contributed by atoms with van der Waals surface area (Å²) < 4.78 is 5.81. The Morgan fingerprint density at radius 1 is 1.35 bits per heavy atom. The van der Waals surface area contributed by atoms with Crippen LogP contribution in [0.5, 0.6) is 5.75 Å². The van der Waals surface area contributed by atoms with Crippen LogP contribution in [0.3, 0.4) is 0 Å². The summed E-state index contributed by atoms with van der Waals surface area (Å²) >= 11 is 0. The molecule has 2 atom stereocenters. The molecule has 0 bridgehead atoms. The fourth-order valence-corrected chi connectivity index (χ4v) is 2.07. The fraction of sp³-hybridized carbons (Fsp3) is 0.562. The zero-order chi connectivity index (χ0) is 15.1. The third-order valence-corrected chi connectivity index (χ3v) is 3.21. The highest BCUT2D eigenvalue weighted by Crippen LogP contribution is 2.22. The lowest BCUT2D eigenvalue weighted by molar-refractivity contribution is -0.123. The zero-order valence-corrected chi connectivity index (χ0v) is 12.9. The van der Waals surface area contributed by atoms with Gasteiger partial charge < -0.3 is 15.8 Å². The number of amides is 1. The summed E-state index contributed by atoms with van der Waals surface area (Å²) in [6, 6.07) is 5.55. The first-order valence-electron chi connectivity index (χ1n) is 7.20. The molecular weight excluding hydrogens is 252 g/mol. The minimum Gasteiger partial charge on any atom is -0.491 e. The van der Waals surface area contributed by atoms with Gasteiger partial charge in [-0.15, -0.1) is 0 Å². The Morgan fingerprint density at radius 3 is 2.50 bits per heavy atom. The van der Waals surface area contributed by atoms with Gasteiger partial charge in [0.1, 0.15) is 12.4 Å². The second-order valence-electron chi connectivity index (χ2n) is 5.34. The van der Waals surface area contributed by atoms with Crippen LogP contribution in [0.15, 0.2) is 18.2 Å². The molecule has 1 aromatic carbocycles. The molecule has 1 amide bonds. The second kappa shape index (κ2) is 7.90. The van der Waals surface area contributed by atoms with Gasteiger partial charge in [0, 0.05) is 0 Å². The van der Waals surface area contributed by atoms with E-state index in [4.69, 9.17) is 10.5 Å². The number of para-hydroxylation sites is 1. The molecule has 4 nitrogen and oxygen atoms in total. The van der Waals surface area contributed by atoms with Gasteiger partial charge in [-0.2, -0.15) is 0 Å². The van der Waals surface area contributed by atoms with Crippen molar-refractivity contribution in [1.82, 2.24) is 5.32 Å². The van der Waals surface area contributed by atoms with E-state index in [-0.39, 0.29) is 11.9 Å². The quantitative estimate of drug-likeness (QED) is 0.804. The summed E-state index contributed by atoms with van der Waals surface area (Å²) in [5, 5.41) is 2.88. The van der Waals surface area contributed by atoms with Crippen molar-refractivity contribution in [3.8, 4) is 5.75 Å². The van der Waals surface area contributed by atoms with Crippen LogP contribution >= 0.6 is 0 Å². The van der Waals surface area contributed by atoms with Gasteiger partial charge in [0.15, 0.2) is 0 Å². The summed E-state index contributed by atoms with van der Waals surface area (Å²) in [5.41, 5.74) is 7.98. The molecule has 0 saturated carbocycles. The molecule has 0 saturated heterocycles. The van der Waals surface area contributed by atoms with Gasteiger partial charge >= 0.3 is 0 Å². The second-order valence-corrected chi connectivity index (χ2v) is 5.34. The standard InChI is InChI=1S/C16H26N2O2/c1-5-7-14(17)16(19)18-13(4)10-20-15-11(2)8-6-9-12(15)3/h6,8-9,13-14H,5,7,10,17H2,1-4H3,(H,18,19). The monoisotopic (exact) mass is 278 g/mol. The molecule has 0 radical (unpaired) electrons. The van der Waals surface area contributed by atoms with E-state index in [0.717, 1.165) is 23.3 Å². The summed E-state index contributed by atoms with van der Waals surface area (Å²) in [5.74, 6) is 0.788. The van der Waals surface area contributed by atoms with Crippen molar-refractivity contribution in [2.45, 2.75) is 52.6 Å². The van der Waals surface area contributed by atoms with Crippen molar-refractivity contribution in [2.24, 2.45) is 5.73 Å². The van der Waals surface area contributed by atoms with Gasteiger partial charge in [0.2, 0.25) is 5.91 Å². The molecule has 112 valence electrons. The number of ether oxygens (including phenoxy) is 1. The maximum atomic E-state index is 11.8. The highest BCUT2D eigenvalue weighted by atomic mass is 16.5. The Balaban J connectivity index is 2.47. The van der Waals surface area contributed by atoms with Crippen molar-refractivity contribution in [1.29, 1.82) is 0 Å². The van der Waals surface area contributed by atoms with Crippen LogP contribution in [-0.2, 0) is 4.79 Å². The third kappa shape index (κ3) is 4.85. The van der Waals surface area contributed by atoms with Crippen LogP contribution in [0.2, 0.25) is 0 Å². The molecule has 1 rings (SSSR count). The van der Waals surface area contributed by atoms with E-state index >= 15 is 0 Å². The van der Waals surface area contributed by atoms with Crippen molar-refractivity contribution < 1.29 is 9.53 Å². The number of nitrogens with one attached hydrogen (secondary N) is 1. The van der Waals surface area contributed by atoms with E-state index < -0.39 is 6.04 Å². The summed E-state index contributed by atoms with van der Waals surface area (Å²) in [6.45, 7) is 8.41. The number of nitrogens with two attached hydrogens (primary N) is 1. The number of benzene rings is 1. The molecule has 0 aliphatic rings. The SMILES string of the molecule is CCCC(N)C(=O)NC(C)COc1c(C)cccc1C. The van der Waals surface area contributed by atoms with Crippen LogP contribution in [0.25, 0.3) is 0 Å². The number of carbonyl (C=O) groups excluding carboxylic acids is 1. The van der Waals surface area contributed by atoms with Crippen molar-refractivity contribution in [3.63, 3.8) is 0 Å². The third-order valence-electron chi connectivity index (χ3n) is 3.21. The van der Waals surface area contributed by atoms with E-state index in [1.165, 1.54) is 0 Å². The predicted octanol–water partition coefficient (Wildman–Crippen LogP) is 2.31. The van der Waals surface area contributed by atoms with Crippen LogP contribution in [0.1, 0.15) is 37.8 Å². The van der Waals surface area contributed by atoms with E-state index in [9.17, 15) is 4.79 Å². The summed E-state index contributed by atoms with van der Waals surface area (Å²) in [7, 11) is 0. The lowest BCUT2D eigenvalue weighted by atomic mass is 10.1. The molecule has 0 aromatic heterocycles. The Morgan fingerprint density at radius 2 is 1.95 bits per heavy atom. The molecule has 0 aliphatic heterocycles. The first-order chi connectivity index (χ1) is 9.45. The highest BCUT2D eigenvalue weighted by molar-refractivity contribution is 5.81. The Kier molecular flexibility index (Phi) is 6.52. The van der Waals surface area contributed by atoms with Crippen molar-refractivity contribution in [3.05, 3.63) is 29.3 Å². The molecule has 20 heavy (non-hydrogen) atoms. The molecule has 4 heteroatoms. The maximum absolute atomic E-state index is 11.8. The largest absolute Gasteiger partial charge is 0.491 e. The molecule has 0 spiro atoms. The van der Waals surface area contributed by atoms with Crippen molar-refractivity contribution >= 4 is 5.91 Å². The molecule has 0 fully saturated rings. The minimum absolute atomic E-state index is 0.0654. The number of hydrogen-bond donors (Lipinski definition) is 2. The first-order valence-corrected chi connectivity index (χ1v) is 7.20. The smallest absolute Gasteiger partial charge is 0.237 e. The summed E-state index contributed by atoms with van der Waals surface area (Å²) in [4.78, 5) is 11.8. The van der Waals surface area contributed by atoms with E-state index in [0.29, 0.717) is 13.0 Å². The van der Waals surface area contributed by atoms with Gasteiger partial charge in [0.25, 0.3) is 0 Å². The lowest BCUT2D eigenvalue weighted by Crippen LogP contribution is -2.46. The average Bonchev–Trinajstić information content (AvgIpc) is 2.38. The van der Waals surface area contributed by atoms with Crippen LogP contribution in [0.4, 0.5) is 0 Å². The average molecular weight is 278 g/mol. The van der Waals surface area contributed by atoms with Crippen LogP contribution < -0.4 is 15.8 Å². The van der Waals surface area contributed by atoms with Gasteiger partial charge in [0.05, 0.1) is 12.1 Å². The number of hydrogen-bond acceptors (Lipinski definition) is 3. The van der Waals surface area contributed by atoms with E-state index in [1.54, 1.807) is 0 Å². The number of aryl methyl sites for hydroxylation is 2. The Hall–Kier alpha value is -1.55. The van der Waals surface area contributed by atoms with E-state index in [2.05, 4.69) is 5.32 Å². The normalized spacial score (nSPS) is 13.7. The van der Waals surface area contributed by atoms with Crippen LogP contribution in [0, 0.1) is 13.8 Å². The van der Waals surface area contributed by atoms with Gasteiger partial charge in [-0.3, -0.25) is 4.79 Å². The number of carbonyl (C=O) groups is 1. The van der Waals surface area contributed by atoms with Gasteiger partial charge in [-0.1, -0.05) is 31.5 Å². The summed E-state index contributed by atoms with van der Waals surface area (Å²) in [6.07, 6.45) is 1.61. The van der Waals surface area contributed by atoms with Gasteiger partial charge in [-0.25, -0.2) is 0 Å². The number of rotatable bonds is 7. The molecule has 2 unspecified atom stereocenters. The topological polar surface area (TPSA) is 64.4 Å².